The van der Waals surface area contributed by atoms with Crippen molar-refractivity contribution in [2.75, 3.05) is 0 Å². The molecule has 1 heterocycles. The highest BCUT2D eigenvalue weighted by Crippen LogP contribution is 2.28. The third-order valence-corrected chi connectivity index (χ3v) is 3.95. The van der Waals surface area contributed by atoms with E-state index in [1.165, 1.54) is 11.1 Å². The molecule has 94 valence electrons. The van der Waals surface area contributed by atoms with Crippen molar-refractivity contribution in [1.29, 1.82) is 0 Å². The number of thioether (sulfide) groups is 1. The standard InChI is InChI=1S/C15H17NOS/c1-11-6-3-4-7-13(11)10-18-15-14(12(2)17)8-5-9-16-15/h3-9,12,17H,10H2,1-2H3/t12-/m0/s1. The molecule has 1 N–H and O–H groups in total. The normalized spacial score (nSPS) is 12.4. The SMILES string of the molecule is Cc1ccccc1CSc1ncccc1[C@H](C)O. The van der Waals surface area contributed by atoms with E-state index >= 15 is 0 Å². The van der Waals surface area contributed by atoms with Gasteiger partial charge in [-0.3, -0.25) is 0 Å². The van der Waals surface area contributed by atoms with Gasteiger partial charge in [-0.1, -0.05) is 30.3 Å². The minimum Gasteiger partial charge on any atom is -0.389 e. The monoisotopic (exact) mass is 259 g/mol. The Morgan fingerprint density at radius 2 is 2.00 bits per heavy atom. The average molecular weight is 259 g/mol. The third-order valence-electron chi connectivity index (χ3n) is 2.88. The molecular weight excluding hydrogens is 242 g/mol. The number of hydrogen-bond donors (Lipinski definition) is 1. The molecule has 0 saturated carbocycles. The van der Waals surface area contributed by atoms with E-state index in [4.69, 9.17) is 0 Å². The van der Waals surface area contributed by atoms with Crippen LogP contribution in [0.15, 0.2) is 47.6 Å². The van der Waals surface area contributed by atoms with Crippen molar-refractivity contribution in [3.8, 4) is 0 Å². The molecule has 1 aromatic heterocycles. The minimum atomic E-state index is -0.474. The number of aliphatic hydroxyl groups excluding tert-OH is 1. The quantitative estimate of drug-likeness (QED) is 0.849. The highest BCUT2D eigenvalue weighted by atomic mass is 32.2. The molecule has 0 spiro atoms. The molecule has 0 amide bonds. The van der Waals surface area contributed by atoms with Crippen LogP contribution < -0.4 is 0 Å². The van der Waals surface area contributed by atoms with E-state index in [2.05, 4.69) is 30.1 Å². The lowest BCUT2D eigenvalue weighted by atomic mass is 10.1. The molecule has 0 fully saturated rings. The largest absolute Gasteiger partial charge is 0.389 e. The molecule has 2 nitrogen and oxygen atoms in total. The minimum absolute atomic E-state index is 0.474. The molecule has 0 aliphatic heterocycles. The maximum absolute atomic E-state index is 9.70. The van der Waals surface area contributed by atoms with E-state index in [0.29, 0.717) is 0 Å². The molecule has 2 aromatic rings. The molecule has 1 atom stereocenters. The second kappa shape index (κ2) is 6.03. The number of benzene rings is 1. The number of nitrogens with zero attached hydrogens (tertiary/aromatic N) is 1. The van der Waals surface area contributed by atoms with Crippen molar-refractivity contribution in [2.24, 2.45) is 0 Å². The Bertz CT molecular complexity index is 525. The number of rotatable bonds is 4. The smallest absolute Gasteiger partial charge is 0.102 e. The van der Waals surface area contributed by atoms with Gasteiger partial charge in [-0.05, 0) is 31.0 Å². The van der Waals surface area contributed by atoms with Gasteiger partial charge in [0, 0.05) is 17.5 Å². The molecule has 0 saturated heterocycles. The molecule has 18 heavy (non-hydrogen) atoms. The Kier molecular flexibility index (Phi) is 4.39. The van der Waals surface area contributed by atoms with Gasteiger partial charge in [0.2, 0.25) is 0 Å². The number of aliphatic hydroxyl groups is 1. The van der Waals surface area contributed by atoms with Crippen molar-refractivity contribution in [1.82, 2.24) is 4.98 Å². The van der Waals surface area contributed by atoms with Crippen molar-refractivity contribution >= 4 is 11.8 Å². The summed E-state index contributed by atoms with van der Waals surface area (Å²) in [6, 6.07) is 12.1. The Balaban J connectivity index is 2.14. The zero-order valence-corrected chi connectivity index (χ0v) is 11.4. The molecule has 0 radical (unpaired) electrons. The molecule has 2 rings (SSSR count). The summed E-state index contributed by atoms with van der Waals surface area (Å²) in [7, 11) is 0. The number of hydrogen-bond acceptors (Lipinski definition) is 3. The maximum Gasteiger partial charge on any atom is 0.102 e. The van der Waals surface area contributed by atoms with Crippen LogP contribution in [-0.2, 0) is 5.75 Å². The summed E-state index contributed by atoms with van der Waals surface area (Å²) in [6.07, 6.45) is 1.30. The predicted octanol–water partition coefficient (Wildman–Crippen LogP) is 3.74. The van der Waals surface area contributed by atoms with Gasteiger partial charge in [0.1, 0.15) is 5.03 Å². The number of aryl methyl sites for hydroxylation is 1. The predicted molar refractivity (Wildman–Crippen MR) is 75.6 cm³/mol. The fourth-order valence-electron chi connectivity index (χ4n) is 1.76. The summed E-state index contributed by atoms with van der Waals surface area (Å²) in [5, 5.41) is 10.6. The van der Waals surface area contributed by atoms with Gasteiger partial charge in [-0.15, -0.1) is 11.8 Å². The van der Waals surface area contributed by atoms with Crippen LogP contribution in [-0.4, -0.2) is 10.1 Å². The molecule has 0 bridgehead atoms. The summed E-state index contributed by atoms with van der Waals surface area (Å²) in [6.45, 7) is 3.89. The first-order valence-corrected chi connectivity index (χ1v) is 6.97. The second-order valence-corrected chi connectivity index (χ2v) is 5.25. The summed E-state index contributed by atoms with van der Waals surface area (Å²) in [5.74, 6) is 0.878. The van der Waals surface area contributed by atoms with Gasteiger partial charge >= 0.3 is 0 Å². The van der Waals surface area contributed by atoms with E-state index in [-0.39, 0.29) is 0 Å². The first kappa shape index (κ1) is 13.1. The van der Waals surface area contributed by atoms with Gasteiger partial charge in [0.15, 0.2) is 0 Å². The highest BCUT2D eigenvalue weighted by molar-refractivity contribution is 7.98. The lowest BCUT2D eigenvalue weighted by Gasteiger charge is -2.10. The van der Waals surface area contributed by atoms with Crippen LogP contribution in [0.2, 0.25) is 0 Å². The number of pyridine rings is 1. The zero-order chi connectivity index (χ0) is 13.0. The Morgan fingerprint density at radius 3 is 2.72 bits per heavy atom. The van der Waals surface area contributed by atoms with E-state index < -0.39 is 6.10 Å². The van der Waals surface area contributed by atoms with E-state index in [1.54, 1.807) is 24.9 Å². The molecule has 0 aliphatic rings. The molecule has 3 heteroatoms. The van der Waals surface area contributed by atoms with Crippen LogP contribution in [0.25, 0.3) is 0 Å². The van der Waals surface area contributed by atoms with Gasteiger partial charge in [-0.25, -0.2) is 4.98 Å². The van der Waals surface area contributed by atoms with Gasteiger partial charge < -0.3 is 5.11 Å². The van der Waals surface area contributed by atoms with Crippen molar-refractivity contribution in [3.05, 3.63) is 59.3 Å². The topological polar surface area (TPSA) is 33.1 Å². The molecule has 0 aliphatic carbocycles. The molecular formula is C15H17NOS. The lowest BCUT2D eigenvalue weighted by Crippen LogP contribution is -1.96. The van der Waals surface area contributed by atoms with E-state index in [0.717, 1.165) is 16.3 Å². The molecule has 1 aromatic carbocycles. The van der Waals surface area contributed by atoms with Crippen molar-refractivity contribution < 1.29 is 5.11 Å². The average Bonchev–Trinajstić information content (AvgIpc) is 2.38. The lowest BCUT2D eigenvalue weighted by molar-refractivity contribution is 0.195. The third kappa shape index (κ3) is 3.12. The maximum atomic E-state index is 9.70. The summed E-state index contributed by atoms with van der Waals surface area (Å²) < 4.78 is 0. The van der Waals surface area contributed by atoms with Gasteiger partial charge in [0.05, 0.1) is 6.10 Å². The molecule has 0 unspecified atom stereocenters. The fraction of sp³-hybridized carbons (Fsp3) is 0.267. The van der Waals surface area contributed by atoms with E-state index in [1.807, 2.05) is 18.2 Å². The first-order valence-electron chi connectivity index (χ1n) is 5.99. The van der Waals surface area contributed by atoms with Crippen LogP contribution in [0, 0.1) is 6.92 Å². The Morgan fingerprint density at radius 1 is 1.22 bits per heavy atom. The van der Waals surface area contributed by atoms with Crippen molar-refractivity contribution in [3.63, 3.8) is 0 Å². The summed E-state index contributed by atoms with van der Waals surface area (Å²) in [4.78, 5) is 4.35. The van der Waals surface area contributed by atoms with Crippen LogP contribution in [0.1, 0.15) is 29.7 Å². The first-order chi connectivity index (χ1) is 8.68. The van der Waals surface area contributed by atoms with E-state index in [9.17, 15) is 5.11 Å². The van der Waals surface area contributed by atoms with Gasteiger partial charge in [-0.2, -0.15) is 0 Å². The summed E-state index contributed by atoms with van der Waals surface area (Å²) >= 11 is 1.67. The van der Waals surface area contributed by atoms with Crippen LogP contribution >= 0.6 is 11.8 Å². The zero-order valence-electron chi connectivity index (χ0n) is 10.6. The number of aromatic nitrogens is 1. The second-order valence-electron chi connectivity index (χ2n) is 4.29. The van der Waals surface area contributed by atoms with Crippen molar-refractivity contribution in [2.45, 2.75) is 30.7 Å². The van der Waals surface area contributed by atoms with Crippen LogP contribution in [0.4, 0.5) is 0 Å². The summed E-state index contributed by atoms with van der Waals surface area (Å²) in [5.41, 5.74) is 3.50. The Hall–Kier alpha value is -1.32. The van der Waals surface area contributed by atoms with Crippen LogP contribution in [0.5, 0.6) is 0 Å². The van der Waals surface area contributed by atoms with Gasteiger partial charge in [0.25, 0.3) is 0 Å². The van der Waals surface area contributed by atoms with Crippen LogP contribution in [0.3, 0.4) is 0 Å². The fourth-order valence-corrected chi connectivity index (χ4v) is 2.92. The Labute approximate surface area is 112 Å². The highest BCUT2D eigenvalue weighted by Gasteiger charge is 2.09.